The van der Waals surface area contributed by atoms with Gasteiger partial charge in [-0.25, -0.2) is 0 Å². The molecular weight excluding hydrogens is 494 g/mol. The Bertz CT molecular complexity index is 1190. The van der Waals surface area contributed by atoms with E-state index in [2.05, 4.69) is 38.1 Å². The van der Waals surface area contributed by atoms with Gasteiger partial charge in [0.15, 0.2) is 0 Å². The molecule has 1 fully saturated rings. The summed E-state index contributed by atoms with van der Waals surface area (Å²) in [5.41, 5.74) is 3.97. The van der Waals surface area contributed by atoms with Crippen LogP contribution in [-0.2, 0) is 17.1 Å². The van der Waals surface area contributed by atoms with Gasteiger partial charge in [-0.3, -0.25) is 14.5 Å². The Morgan fingerprint density at radius 1 is 0.923 bits per heavy atom. The molecule has 0 bridgehead atoms. The molecule has 208 valence electrons. The van der Waals surface area contributed by atoms with Crippen LogP contribution in [0.2, 0.25) is 0 Å². The number of unbranched alkanes of at least 4 members (excludes halogenated alkanes) is 3. The van der Waals surface area contributed by atoms with Crippen LogP contribution in [0.1, 0.15) is 73.9 Å². The molecule has 1 amide bonds. The molecule has 1 aliphatic carbocycles. The van der Waals surface area contributed by atoms with Crippen molar-refractivity contribution in [3.63, 3.8) is 0 Å². The Hall–Kier alpha value is -3.68. The second kappa shape index (κ2) is 14.5. The quantitative estimate of drug-likeness (QED) is 0.150. The second-order valence-corrected chi connectivity index (χ2v) is 9.68. The third-order valence-corrected chi connectivity index (χ3v) is 6.80. The van der Waals surface area contributed by atoms with Crippen molar-refractivity contribution in [2.45, 2.75) is 70.7 Å². The van der Waals surface area contributed by atoms with Crippen molar-refractivity contribution in [2.75, 3.05) is 6.61 Å². The number of rotatable bonds is 12. The van der Waals surface area contributed by atoms with E-state index in [-0.39, 0.29) is 18.1 Å². The summed E-state index contributed by atoms with van der Waals surface area (Å²) >= 11 is 0. The molecule has 0 aliphatic heterocycles. The van der Waals surface area contributed by atoms with Crippen molar-refractivity contribution < 1.29 is 29.6 Å². The molecule has 3 aromatic carbocycles. The van der Waals surface area contributed by atoms with Gasteiger partial charge in [0.2, 0.25) is 0 Å². The summed E-state index contributed by atoms with van der Waals surface area (Å²) < 4.78 is 5.93. The first-order valence-electron chi connectivity index (χ1n) is 13.6. The Morgan fingerprint density at radius 2 is 1.51 bits per heavy atom. The van der Waals surface area contributed by atoms with E-state index >= 15 is 0 Å². The topological polar surface area (TPSA) is 107 Å². The highest BCUT2D eigenvalue weighted by Gasteiger charge is 2.48. The normalized spacial score (nSPS) is 12.7. The molecule has 7 heteroatoms. The van der Waals surface area contributed by atoms with Gasteiger partial charge in [-0.05, 0) is 66.6 Å². The molecule has 39 heavy (non-hydrogen) atoms. The van der Waals surface area contributed by atoms with Crippen LogP contribution in [0.3, 0.4) is 0 Å². The highest BCUT2D eigenvalue weighted by Crippen LogP contribution is 2.40. The van der Waals surface area contributed by atoms with E-state index in [1.54, 1.807) is 36.4 Å². The zero-order valence-electron chi connectivity index (χ0n) is 22.8. The summed E-state index contributed by atoms with van der Waals surface area (Å²) in [6, 6.07) is 22.4. The zero-order chi connectivity index (χ0) is 28.3. The number of nitrogens with zero attached hydrogens (tertiary/aromatic N) is 1. The predicted molar refractivity (Wildman–Crippen MR) is 151 cm³/mol. The maximum Gasteiger partial charge on any atom is 0.290 e. The van der Waals surface area contributed by atoms with Crippen molar-refractivity contribution >= 4 is 12.4 Å². The van der Waals surface area contributed by atoms with Crippen LogP contribution in [0.4, 0.5) is 0 Å². The lowest BCUT2D eigenvalue weighted by atomic mass is 10.0. The summed E-state index contributed by atoms with van der Waals surface area (Å²) in [7, 11) is 0. The number of hydrogen-bond donors (Lipinski definition) is 3. The van der Waals surface area contributed by atoms with Crippen LogP contribution in [0.5, 0.6) is 5.75 Å². The van der Waals surface area contributed by atoms with E-state index in [0.717, 1.165) is 56.1 Å². The molecule has 4 rings (SSSR count). The average molecular weight is 534 g/mol. The number of ether oxygens (including phenoxy) is 1. The summed E-state index contributed by atoms with van der Waals surface area (Å²) in [4.78, 5) is 23.2. The highest BCUT2D eigenvalue weighted by molar-refractivity contribution is 5.95. The van der Waals surface area contributed by atoms with Gasteiger partial charge in [0.05, 0.1) is 12.2 Å². The minimum Gasteiger partial charge on any atom is -0.493 e. The molecular formula is C32H39NO6. The largest absolute Gasteiger partial charge is 0.493 e. The van der Waals surface area contributed by atoms with Crippen LogP contribution in [0.15, 0.2) is 72.8 Å². The number of aryl methyl sites for hydroxylation is 1. The van der Waals surface area contributed by atoms with Gasteiger partial charge >= 0.3 is 0 Å². The molecule has 0 unspecified atom stereocenters. The molecule has 0 spiro atoms. The molecule has 0 aromatic heterocycles. The highest BCUT2D eigenvalue weighted by atomic mass is 16.5. The number of amides is 1. The molecule has 0 heterocycles. The fourth-order valence-corrected chi connectivity index (χ4v) is 4.48. The zero-order valence-corrected chi connectivity index (χ0v) is 22.8. The maximum atomic E-state index is 13.6. The Balaban J connectivity index is 0.00000134. The third kappa shape index (κ3) is 7.91. The maximum absolute atomic E-state index is 13.6. The number of aliphatic hydroxyl groups is 2. The fraction of sp³-hybridized carbons (Fsp3) is 0.375. The van der Waals surface area contributed by atoms with E-state index < -0.39 is 11.8 Å². The van der Waals surface area contributed by atoms with E-state index in [1.165, 1.54) is 10.5 Å². The predicted octanol–water partition coefficient (Wildman–Crippen LogP) is 5.98. The fourth-order valence-electron chi connectivity index (χ4n) is 4.48. The van der Waals surface area contributed by atoms with Crippen LogP contribution in [0, 0.1) is 0 Å². The lowest BCUT2D eigenvalue weighted by Gasteiger charge is -2.36. The summed E-state index contributed by atoms with van der Waals surface area (Å²) in [6.45, 7) is 4.52. The van der Waals surface area contributed by atoms with Crippen molar-refractivity contribution in [1.82, 2.24) is 4.90 Å². The van der Waals surface area contributed by atoms with Gasteiger partial charge in [0.25, 0.3) is 18.3 Å². The van der Waals surface area contributed by atoms with E-state index in [0.29, 0.717) is 17.9 Å². The Kier molecular flexibility index (Phi) is 11.1. The molecule has 0 atom stereocenters. The van der Waals surface area contributed by atoms with E-state index in [1.807, 2.05) is 12.1 Å². The lowest BCUT2D eigenvalue weighted by Crippen LogP contribution is -2.51. The van der Waals surface area contributed by atoms with Crippen molar-refractivity contribution in [3.05, 3.63) is 89.5 Å². The van der Waals surface area contributed by atoms with Gasteiger partial charge < -0.3 is 20.1 Å². The number of hydrogen-bond acceptors (Lipinski definition) is 5. The van der Waals surface area contributed by atoms with Gasteiger partial charge in [-0.1, -0.05) is 81.6 Å². The Morgan fingerprint density at radius 3 is 2.08 bits per heavy atom. The van der Waals surface area contributed by atoms with Crippen molar-refractivity contribution in [2.24, 2.45) is 0 Å². The molecule has 3 N–H and O–H groups in total. The first-order valence-corrected chi connectivity index (χ1v) is 13.6. The summed E-state index contributed by atoms with van der Waals surface area (Å²) in [6.07, 6.45) is 6.69. The third-order valence-electron chi connectivity index (χ3n) is 6.80. The first kappa shape index (κ1) is 29.9. The summed E-state index contributed by atoms with van der Waals surface area (Å²) in [5, 5.41) is 29.6. The number of carbonyl (C=O) groups is 2. The minimum atomic E-state index is -2.48. The van der Waals surface area contributed by atoms with Crippen LogP contribution >= 0.6 is 0 Å². The van der Waals surface area contributed by atoms with E-state index in [9.17, 15) is 15.0 Å². The van der Waals surface area contributed by atoms with Crippen LogP contribution in [-0.4, -0.2) is 45.2 Å². The summed E-state index contributed by atoms with van der Waals surface area (Å²) in [5.74, 6) is -2.50. The first-order chi connectivity index (χ1) is 18.9. The lowest BCUT2D eigenvalue weighted by molar-refractivity contribution is -0.259. The van der Waals surface area contributed by atoms with Crippen LogP contribution in [0.25, 0.3) is 11.1 Å². The molecule has 3 aromatic rings. The van der Waals surface area contributed by atoms with Gasteiger partial charge in [-0.15, -0.1) is 0 Å². The molecule has 1 saturated carbocycles. The number of benzene rings is 3. The van der Waals surface area contributed by atoms with Gasteiger partial charge in [-0.2, -0.15) is 0 Å². The molecule has 0 saturated heterocycles. The monoisotopic (exact) mass is 533 g/mol. The number of carboxylic acid groups (broad SMARTS) is 1. The van der Waals surface area contributed by atoms with Crippen LogP contribution < -0.4 is 4.74 Å². The van der Waals surface area contributed by atoms with Crippen molar-refractivity contribution in [1.29, 1.82) is 0 Å². The standard InChI is InChI=1S/C31H37NO4.CH2O2/c1-3-5-6-9-22-36-29-11-8-7-10-28(29)31(34,35)32(27-20-21-27)30(33)26-18-16-25(17-19-26)24-14-12-23(4-2)13-15-24;2-1-3/h7-8,10-19,27,34-35H,3-6,9,20-22H2,1-2H3;1H,(H,2,3). The van der Waals surface area contributed by atoms with Crippen molar-refractivity contribution in [3.8, 4) is 16.9 Å². The molecule has 7 nitrogen and oxygen atoms in total. The number of carbonyl (C=O) groups excluding carboxylic acids is 1. The SMILES string of the molecule is CCCCCCOc1ccccc1C(O)(O)N(C(=O)c1ccc(-c2ccc(CC)cc2)cc1)C1CC1.O=CO. The second-order valence-electron chi connectivity index (χ2n) is 9.68. The molecule has 0 radical (unpaired) electrons. The minimum absolute atomic E-state index is 0.188. The van der Waals surface area contributed by atoms with Gasteiger partial charge in [0.1, 0.15) is 5.75 Å². The average Bonchev–Trinajstić information content (AvgIpc) is 3.78. The van der Waals surface area contributed by atoms with E-state index in [4.69, 9.17) is 14.6 Å². The smallest absolute Gasteiger partial charge is 0.290 e. The molecule has 1 aliphatic rings. The van der Waals surface area contributed by atoms with Gasteiger partial charge in [0, 0.05) is 11.6 Å². The Labute approximate surface area is 230 Å². The number of para-hydroxylation sites is 1.